The minimum absolute atomic E-state index is 0.217. The zero-order chi connectivity index (χ0) is 20.3. The van der Waals surface area contributed by atoms with Gasteiger partial charge in [-0.3, -0.25) is 29.0 Å². The molecule has 4 amide bonds. The number of allylic oxidation sites excluding steroid dienone is 1. The van der Waals surface area contributed by atoms with Gasteiger partial charge in [-0.25, -0.2) is 4.79 Å². The van der Waals surface area contributed by atoms with Crippen molar-refractivity contribution >= 4 is 29.8 Å². The molecular formula is C17H24N2O7. The van der Waals surface area contributed by atoms with Crippen molar-refractivity contribution in [2.75, 3.05) is 20.2 Å². The minimum Gasteiger partial charge on any atom is -0.469 e. The number of hydrogen-bond acceptors (Lipinski definition) is 7. The molecule has 9 heteroatoms. The van der Waals surface area contributed by atoms with Crippen molar-refractivity contribution in [2.45, 2.75) is 33.6 Å². The molecule has 0 aliphatic carbocycles. The van der Waals surface area contributed by atoms with Crippen molar-refractivity contribution in [3.05, 3.63) is 24.5 Å². The van der Waals surface area contributed by atoms with Crippen molar-refractivity contribution in [1.82, 2.24) is 9.80 Å². The van der Waals surface area contributed by atoms with Crippen LogP contribution < -0.4 is 0 Å². The van der Waals surface area contributed by atoms with Gasteiger partial charge in [0, 0.05) is 25.6 Å². The third-order valence-electron chi connectivity index (χ3n) is 3.38. The van der Waals surface area contributed by atoms with Crippen LogP contribution in [0.15, 0.2) is 24.5 Å². The van der Waals surface area contributed by atoms with Crippen LogP contribution >= 0.6 is 0 Å². The number of hydrogen-bond donors (Lipinski definition) is 0. The Labute approximate surface area is 152 Å². The summed E-state index contributed by atoms with van der Waals surface area (Å²) in [4.78, 5) is 61.2. The molecule has 0 aromatic carbocycles. The Morgan fingerprint density at radius 1 is 0.962 bits per heavy atom. The Balaban J connectivity index is 5.45. The van der Waals surface area contributed by atoms with Crippen molar-refractivity contribution in [1.29, 1.82) is 0 Å². The molecule has 144 valence electrons. The lowest BCUT2D eigenvalue weighted by Crippen LogP contribution is -2.49. The molecule has 0 atom stereocenters. The Bertz CT molecular complexity index is 610. The number of esters is 2. The lowest BCUT2D eigenvalue weighted by molar-refractivity contribution is -0.141. The lowest BCUT2D eigenvalue weighted by atomic mass is 10.2. The van der Waals surface area contributed by atoms with Gasteiger partial charge < -0.3 is 9.47 Å². The number of carbonyl (C=O) groups excluding carboxylic acids is 5. The van der Waals surface area contributed by atoms with Gasteiger partial charge in [-0.05, 0) is 13.8 Å². The number of methoxy groups -OCH3 is 1. The van der Waals surface area contributed by atoms with Crippen LogP contribution in [0.1, 0.15) is 33.6 Å². The number of carbonyl (C=O) groups is 5. The lowest BCUT2D eigenvalue weighted by Gasteiger charge is -2.27. The van der Waals surface area contributed by atoms with Crippen LogP contribution in [0, 0.1) is 0 Å². The SMILES string of the molecule is C=COC(=O)CCN(C(=O)C(C)=CC)C(=O)N(CCC(=O)OC)C(C)=O. The average molecular weight is 368 g/mol. The predicted molar refractivity (Wildman–Crippen MR) is 91.5 cm³/mol. The molecule has 0 aromatic heterocycles. The monoisotopic (exact) mass is 368 g/mol. The second-order valence-corrected chi connectivity index (χ2v) is 5.11. The first kappa shape index (κ1) is 23.0. The number of rotatable bonds is 8. The Morgan fingerprint density at radius 3 is 1.96 bits per heavy atom. The van der Waals surface area contributed by atoms with Gasteiger partial charge in [-0.2, -0.15) is 0 Å². The minimum atomic E-state index is -0.931. The summed E-state index contributed by atoms with van der Waals surface area (Å²) in [6.45, 7) is 6.94. The van der Waals surface area contributed by atoms with Crippen molar-refractivity contribution < 1.29 is 33.4 Å². The van der Waals surface area contributed by atoms with E-state index < -0.39 is 29.8 Å². The molecule has 0 aliphatic rings. The van der Waals surface area contributed by atoms with E-state index in [4.69, 9.17) is 0 Å². The summed E-state index contributed by atoms with van der Waals surface area (Å²) in [6.07, 6.45) is 1.94. The number of ether oxygens (including phenoxy) is 2. The summed E-state index contributed by atoms with van der Waals surface area (Å²) in [7, 11) is 1.18. The first-order chi connectivity index (χ1) is 12.2. The van der Waals surface area contributed by atoms with Crippen LogP contribution in [-0.2, 0) is 28.7 Å². The molecule has 9 nitrogen and oxygen atoms in total. The molecule has 0 saturated carbocycles. The van der Waals surface area contributed by atoms with Gasteiger partial charge >= 0.3 is 18.0 Å². The maximum absolute atomic E-state index is 12.7. The van der Waals surface area contributed by atoms with Crippen LogP contribution in [0.3, 0.4) is 0 Å². The molecule has 0 bridgehead atoms. The van der Waals surface area contributed by atoms with Gasteiger partial charge in [0.15, 0.2) is 0 Å². The molecule has 0 heterocycles. The van der Waals surface area contributed by atoms with Gasteiger partial charge in [0.25, 0.3) is 5.91 Å². The van der Waals surface area contributed by atoms with E-state index in [1.807, 2.05) is 0 Å². The van der Waals surface area contributed by atoms with E-state index in [1.165, 1.54) is 20.1 Å². The molecule has 0 rings (SSSR count). The second-order valence-electron chi connectivity index (χ2n) is 5.11. The molecule has 0 saturated heterocycles. The zero-order valence-electron chi connectivity index (χ0n) is 15.4. The Morgan fingerprint density at radius 2 is 1.50 bits per heavy atom. The third kappa shape index (κ3) is 7.29. The highest BCUT2D eigenvalue weighted by Gasteiger charge is 2.30. The molecule has 0 aromatic rings. The molecule has 26 heavy (non-hydrogen) atoms. The van der Waals surface area contributed by atoms with Crippen LogP contribution in [0.25, 0.3) is 0 Å². The van der Waals surface area contributed by atoms with Crippen LogP contribution in [0.5, 0.6) is 0 Å². The quantitative estimate of drug-likeness (QED) is 0.362. The highest BCUT2D eigenvalue weighted by molar-refractivity contribution is 6.07. The predicted octanol–water partition coefficient (Wildman–Crippen LogP) is 1.39. The summed E-state index contributed by atoms with van der Waals surface area (Å²) in [5.41, 5.74) is 0.256. The van der Waals surface area contributed by atoms with E-state index in [0.717, 1.165) is 23.0 Å². The fourth-order valence-electron chi connectivity index (χ4n) is 1.81. The summed E-state index contributed by atoms with van der Waals surface area (Å²) in [6, 6.07) is -0.931. The van der Waals surface area contributed by atoms with Gasteiger partial charge in [0.05, 0.1) is 26.2 Å². The molecule has 0 aliphatic heterocycles. The number of imide groups is 2. The van der Waals surface area contributed by atoms with Crippen molar-refractivity contribution in [2.24, 2.45) is 0 Å². The standard InChI is InChI=1S/C17H24N2O7/c1-6-12(3)16(23)19(11-9-15(22)26-7-2)17(24)18(13(4)20)10-8-14(21)25-5/h6-7H,2,8-11H2,1,3-5H3. The van der Waals surface area contributed by atoms with Gasteiger partial charge in [0.2, 0.25) is 5.91 Å². The molecule has 0 N–H and O–H groups in total. The highest BCUT2D eigenvalue weighted by Crippen LogP contribution is 2.09. The molecule has 0 radical (unpaired) electrons. The Kier molecular flexibility index (Phi) is 10.2. The van der Waals surface area contributed by atoms with E-state index in [0.29, 0.717) is 0 Å². The smallest absolute Gasteiger partial charge is 0.333 e. The average Bonchev–Trinajstić information content (AvgIpc) is 2.60. The normalized spacial score (nSPS) is 10.5. The summed E-state index contributed by atoms with van der Waals surface area (Å²) in [5, 5.41) is 0. The fourth-order valence-corrected chi connectivity index (χ4v) is 1.81. The number of amides is 4. The summed E-state index contributed by atoms with van der Waals surface area (Å²) in [5.74, 6) is -2.61. The van der Waals surface area contributed by atoms with Crippen molar-refractivity contribution in [3.63, 3.8) is 0 Å². The summed E-state index contributed by atoms with van der Waals surface area (Å²) < 4.78 is 9.04. The van der Waals surface area contributed by atoms with Gasteiger partial charge in [-0.15, -0.1) is 0 Å². The van der Waals surface area contributed by atoms with E-state index in [9.17, 15) is 24.0 Å². The van der Waals surface area contributed by atoms with Crippen LogP contribution in [-0.4, -0.2) is 59.8 Å². The van der Waals surface area contributed by atoms with Crippen molar-refractivity contribution in [3.8, 4) is 0 Å². The Hall–Kier alpha value is -2.97. The van der Waals surface area contributed by atoms with E-state index in [2.05, 4.69) is 16.1 Å². The molecule has 0 spiro atoms. The maximum Gasteiger partial charge on any atom is 0.333 e. The zero-order valence-corrected chi connectivity index (χ0v) is 15.4. The third-order valence-corrected chi connectivity index (χ3v) is 3.38. The highest BCUT2D eigenvalue weighted by atomic mass is 16.5. The maximum atomic E-state index is 12.7. The van der Waals surface area contributed by atoms with Crippen LogP contribution in [0.4, 0.5) is 4.79 Å². The molecule has 0 unspecified atom stereocenters. The fraction of sp³-hybridized carbons (Fsp3) is 0.471. The van der Waals surface area contributed by atoms with E-state index in [1.54, 1.807) is 6.92 Å². The topological polar surface area (TPSA) is 110 Å². The summed E-state index contributed by atoms with van der Waals surface area (Å²) >= 11 is 0. The number of urea groups is 1. The first-order valence-electron chi connectivity index (χ1n) is 7.83. The van der Waals surface area contributed by atoms with E-state index in [-0.39, 0.29) is 31.5 Å². The second kappa shape index (κ2) is 11.6. The molecule has 0 fully saturated rings. The van der Waals surface area contributed by atoms with Gasteiger partial charge in [0.1, 0.15) is 0 Å². The van der Waals surface area contributed by atoms with Crippen LogP contribution in [0.2, 0.25) is 0 Å². The first-order valence-corrected chi connectivity index (χ1v) is 7.83. The van der Waals surface area contributed by atoms with E-state index >= 15 is 0 Å². The van der Waals surface area contributed by atoms with Gasteiger partial charge in [-0.1, -0.05) is 12.7 Å². The largest absolute Gasteiger partial charge is 0.469 e. The number of nitrogens with zero attached hydrogens (tertiary/aromatic N) is 2. The molecular weight excluding hydrogens is 344 g/mol.